The van der Waals surface area contributed by atoms with Gasteiger partial charge in [-0.2, -0.15) is 8.78 Å². The van der Waals surface area contributed by atoms with Gasteiger partial charge in [-0.25, -0.2) is 0 Å². The van der Waals surface area contributed by atoms with Gasteiger partial charge in [0.1, 0.15) is 0 Å². The van der Waals surface area contributed by atoms with Gasteiger partial charge in [-0.15, -0.1) is 0 Å². The van der Waals surface area contributed by atoms with Crippen molar-refractivity contribution in [1.82, 2.24) is 5.32 Å². The minimum absolute atomic E-state index is 0.208. The van der Waals surface area contributed by atoms with Crippen molar-refractivity contribution in [1.29, 1.82) is 0 Å². The molecule has 4 heteroatoms. The minimum Gasteiger partial charge on any atom is -0.320 e. The van der Waals surface area contributed by atoms with Gasteiger partial charge in [0.05, 0.1) is 6.10 Å². The van der Waals surface area contributed by atoms with Crippen LogP contribution in [-0.4, -0.2) is 26.3 Å². The summed E-state index contributed by atoms with van der Waals surface area (Å²) in [5.74, 6) is 0.694. The highest BCUT2D eigenvalue weighted by atomic mass is 19.3. The summed E-state index contributed by atoms with van der Waals surface area (Å²) in [4.78, 5) is 0. The Morgan fingerprint density at radius 3 is 2.43 bits per heavy atom. The lowest BCUT2D eigenvalue weighted by molar-refractivity contribution is -0.171. The number of alkyl halides is 2. The molecule has 0 unspecified atom stereocenters. The van der Waals surface area contributed by atoms with E-state index in [2.05, 4.69) is 10.1 Å². The maximum absolute atomic E-state index is 11.9. The number of nitrogens with one attached hydrogen (secondary N) is 1. The monoisotopic (exact) mass is 207 g/mol. The Bertz CT molecular complexity index is 147. The molecule has 0 saturated heterocycles. The fraction of sp³-hybridized carbons (Fsp3) is 1.00. The molecule has 0 bridgehead atoms. The van der Waals surface area contributed by atoms with Crippen molar-refractivity contribution in [3.63, 3.8) is 0 Å². The Balaban J connectivity index is 2.11. The first-order chi connectivity index (χ1) is 6.72. The number of hydrogen-bond donors (Lipinski definition) is 1. The molecular weight excluding hydrogens is 188 g/mol. The molecule has 2 nitrogen and oxygen atoms in total. The largest absolute Gasteiger partial charge is 0.345 e. The van der Waals surface area contributed by atoms with Crippen molar-refractivity contribution in [3.8, 4) is 0 Å². The zero-order valence-electron chi connectivity index (χ0n) is 8.64. The Labute approximate surface area is 84.0 Å². The van der Waals surface area contributed by atoms with E-state index in [-0.39, 0.29) is 6.10 Å². The second kappa shape index (κ2) is 6.30. The summed E-state index contributed by atoms with van der Waals surface area (Å²) in [6, 6.07) is 0. The number of hydrogen-bond acceptors (Lipinski definition) is 2. The minimum atomic E-state index is -2.60. The first-order valence-corrected chi connectivity index (χ1v) is 5.30. The van der Waals surface area contributed by atoms with Gasteiger partial charge in [-0.3, -0.25) is 0 Å². The van der Waals surface area contributed by atoms with Crippen LogP contribution in [0.5, 0.6) is 0 Å². The summed E-state index contributed by atoms with van der Waals surface area (Å²) in [6.45, 7) is -1.58. The van der Waals surface area contributed by atoms with Crippen LogP contribution < -0.4 is 5.32 Å². The van der Waals surface area contributed by atoms with Gasteiger partial charge >= 0.3 is 6.61 Å². The van der Waals surface area contributed by atoms with Gasteiger partial charge in [0.2, 0.25) is 0 Å². The lowest BCUT2D eigenvalue weighted by Gasteiger charge is -2.28. The van der Waals surface area contributed by atoms with Crippen molar-refractivity contribution >= 4 is 0 Å². The fourth-order valence-electron chi connectivity index (χ4n) is 2.05. The molecule has 0 aliphatic heterocycles. The van der Waals surface area contributed by atoms with Crippen LogP contribution in [0.4, 0.5) is 8.78 Å². The van der Waals surface area contributed by atoms with Gasteiger partial charge < -0.3 is 10.1 Å². The molecule has 0 spiro atoms. The fourth-order valence-corrected chi connectivity index (χ4v) is 2.05. The van der Waals surface area contributed by atoms with E-state index in [1.807, 2.05) is 7.05 Å². The smallest absolute Gasteiger partial charge is 0.320 e. The van der Waals surface area contributed by atoms with Crippen LogP contribution in [0.15, 0.2) is 0 Å². The standard InChI is InChI=1S/C10H19F2NO/c1-13-7-6-8-2-4-9(5-3-8)14-10(11)12/h8-10,13H,2-7H2,1H3. The van der Waals surface area contributed by atoms with Gasteiger partial charge in [-0.05, 0) is 51.6 Å². The second-order valence-corrected chi connectivity index (χ2v) is 3.93. The third-order valence-corrected chi connectivity index (χ3v) is 2.89. The summed E-state index contributed by atoms with van der Waals surface area (Å²) in [5, 5.41) is 3.11. The van der Waals surface area contributed by atoms with Crippen LogP contribution in [0, 0.1) is 5.92 Å². The molecule has 14 heavy (non-hydrogen) atoms. The van der Waals surface area contributed by atoms with Gasteiger partial charge in [0.15, 0.2) is 0 Å². The van der Waals surface area contributed by atoms with Crippen molar-refractivity contribution in [2.24, 2.45) is 5.92 Å². The molecule has 1 aliphatic carbocycles. The van der Waals surface area contributed by atoms with Crippen LogP contribution in [0.25, 0.3) is 0 Å². The van der Waals surface area contributed by atoms with Crippen molar-refractivity contribution in [2.75, 3.05) is 13.6 Å². The molecule has 0 atom stereocenters. The van der Waals surface area contributed by atoms with E-state index in [4.69, 9.17) is 0 Å². The second-order valence-electron chi connectivity index (χ2n) is 3.93. The van der Waals surface area contributed by atoms with Gasteiger partial charge in [0, 0.05) is 0 Å². The van der Waals surface area contributed by atoms with Gasteiger partial charge in [0.25, 0.3) is 0 Å². The van der Waals surface area contributed by atoms with E-state index < -0.39 is 6.61 Å². The van der Waals surface area contributed by atoms with Crippen LogP contribution in [0.1, 0.15) is 32.1 Å². The van der Waals surface area contributed by atoms with E-state index in [9.17, 15) is 8.78 Å². The average molecular weight is 207 g/mol. The van der Waals surface area contributed by atoms with Crippen molar-refractivity contribution in [2.45, 2.75) is 44.8 Å². The summed E-state index contributed by atoms with van der Waals surface area (Å²) in [7, 11) is 1.94. The molecule has 1 saturated carbocycles. The third kappa shape index (κ3) is 4.33. The first-order valence-electron chi connectivity index (χ1n) is 5.30. The zero-order chi connectivity index (χ0) is 10.4. The molecule has 1 rings (SSSR count). The van der Waals surface area contributed by atoms with Crippen molar-refractivity contribution < 1.29 is 13.5 Å². The van der Waals surface area contributed by atoms with Crippen LogP contribution in [0.3, 0.4) is 0 Å². The number of ether oxygens (including phenoxy) is 1. The lowest BCUT2D eigenvalue weighted by atomic mass is 9.85. The van der Waals surface area contributed by atoms with Crippen LogP contribution in [0.2, 0.25) is 0 Å². The van der Waals surface area contributed by atoms with Crippen LogP contribution in [-0.2, 0) is 4.74 Å². The highest BCUT2D eigenvalue weighted by Gasteiger charge is 2.23. The Morgan fingerprint density at radius 1 is 1.29 bits per heavy atom. The molecule has 0 radical (unpaired) electrons. The summed E-state index contributed by atoms with van der Waals surface area (Å²) >= 11 is 0. The molecular formula is C10H19F2NO. The lowest BCUT2D eigenvalue weighted by Crippen LogP contribution is -2.25. The molecule has 1 aliphatic rings. The average Bonchev–Trinajstić information content (AvgIpc) is 2.16. The molecule has 0 aromatic rings. The molecule has 84 valence electrons. The van der Waals surface area contributed by atoms with E-state index in [0.717, 1.165) is 38.6 Å². The SMILES string of the molecule is CNCCC1CCC(OC(F)F)CC1. The third-order valence-electron chi connectivity index (χ3n) is 2.89. The van der Waals surface area contributed by atoms with Crippen LogP contribution >= 0.6 is 0 Å². The topological polar surface area (TPSA) is 21.3 Å². The van der Waals surface area contributed by atoms with Crippen molar-refractivity contribution in [3.05, 3.63) is 0 Å². The van der Waals surface area contributed by atoms with Gasteiger partial charge in [-0.1, -0.05) is 0 Å². The molecule has 1 fully saturated rings. The van der Waals surface area contributed by atoms with E-state index >= 15 is 0 Å². The predicted molar refractivity (Wildman–Crippen MR) is 51.4 cm³/mol. The van der Waals surface area contributed by atoms with E-state index in [0.29, 0.717) is 5.92 Å². The highest BCUT2D eigenvalue weighted by Crippen LogP contribution is 2.29. The maximum Gasteiger partial charge on any atom is 0.345 e. The summed E-state index contributed by atoms with van der Waals surface area (Å²) in [5.41, 5.74) is 0. The molecule has 0 aromatic heterocycles. The maximum atomic E-state index is 11.9. The van der Waals surface area contributed by atoms with E-state index in [1.165, 1.54) is 0 Å². The predicted octanol–water partition coefficient (Wildman–Crippen LogP) is 2.39. The molecule has 1 N–H and O–H groups in total. The Hall–Kier alpha value is -0.220. The number of halogens is 2. The summed E-state index contributed by atoms with van der Waals surface area (Å²) in [6.07, 6.45) is 4.58. The Morgan fingerprint density at radius 2 is 1.93 bits per heavy atom. The molecule has 0 amide bonds. The molecule has 0 aromatic carbocycles. The highest BCUT2D eigenvalue weighted by molar-refractivity contribution is 4.73. The quantitative estimate of drug-likeness (QED) is 0.747. The summed E-state index contributed by atoms with van der Waals surface area (Å²) < 4.78 is 28.3. The Kier molecular flexibility index (Phi) is 5.33. The normalized spacial score (nSPS) is 28.3. The first kappa shape index (κ1) is 11.9. The zero-order valence-corrected chi connectivity index (χ0v) is 8.64. The molecule has 0 heterocycles. The van der Waals surface area contributed by atoms with E-state index in [1.54, 1.807) is 0 Å². The number of rotatable bonds is 5.